The lowest BCUT2D eigenvalue weighted by atomic mass is 10.1. The Balaban J connectivity index is 1.98. The van der Waals surface area contributed by atoms with Gasteiger partial charge in [-0.3, -0.25) is 19.4 Å². The summed E-state index contributed by atoms with van der Waals surface area (Å²) in [6.07, 6.45) is 0.0818. The molecule has 7 nitrogen and oxygen atoms in total. The number of nitrogens with one attached hydrogen (secondary N) is 1. The standard InChI is InChI=1S/C18H21N3O4/c1-2-25-17(23)10-9-16(22)21-15(18(19)24)11-13-8-7-12-5-3-4-6-14(12)20-13/h3-8,15H,2,9-11H2,1H3,(H2,19,24)(H,21,22)/t15-/m0/s1. The molecule has 0 saturated heterocycles. The van der Waals surface area contributed by atoms with Crippen LogP contribution < -0.4 is 11.1 Å². The van der Waals surface area contributed by atoms with E-state index in [0.717, 1.165) is 10.9 Å². The number of hydrogen-bond acceptors (Lipinski definition) is 5. The van der Waals surface area contributed by atoms with Crippen LogP contribution in [-0.4, -0.2) is 35.4 Å². The molecule has 1 heterocycles. The van der Waals surface area contributed by atoms with Crippen molar-refractivity contribution in [3.05, 3.63) is 42.1 Å². The van der Waals surface area contributed by atoms with Gasteiger partial charge in [0.1, 0.15) is 6.04 Å². The van der Waals surface area contributed by atoms with Crippen molar-refractivity contribution in [3.8, 4) is 0 Å². The van der Waals surface area contributed by atoms with Crippen molar-refractivity contribution in [2.24, 2.45) is 5.73 Å². The van der Waals surface area contributed by atoms with E-state index in [0.29, 0.717) is 5.69 Å². The molecule has 132 valence electrons. The molecular formula is C18H21N3O4. The Kier molecular flexibility index (Phi) is 6.45. The smallest absolute Gasteiger partial charge is 0.306 e. The monoisotopic (exact) mass is 343 g/mol. The van der Waals surface area contributed by atoms with Gasteiger partial charge in [0, 0.05) is 23.9 Å². The molecule has 3 N–H and O–H groups in total. The molecule has 0 saturated carbocycles. The van der Waals surface area contributed by atoms with Crippen LogP contribution in [0.3, 0.4) is 0 Å². The van der Waals surface area contributed by atoms with Crippen molar-refractivity contribution in [3.63, 3.8) is 0 Å². The van der Waals surface area contributed by atoms with Gasteiger partial charge in [0.05, 0.1) is 18.5 Å². The second-order valence-electron chi connectivity index (χ2n) is 5.53. The molecule has 1 aromatic carbocycles. The first kappa shape index (κ1) is 18.4. The molecule has 0 bridgehead atoms. The Morgan fingerprint density at radius 1 is 1.16 bits per heavy atom. The maximum atomic E-state index is 11.9. The molecule has 0 aliphatic carbocycles. The molecule has 0 radical (unpaired) electrons. The summed E-state index contributed by atoms with van der Waals surface area (Å²) in [4.78, 5) is 39.3. The van der Waals surface area contributed by atoms with Gasteiger partial charge in [-0.05, 0) is 19.1 Å². The third-order valence-corrected chi connectivity index (χ3v) is 3.61. The molecule has 2 aromatic rings. The molecule has 0 unspecified atom stereocenters. The Hall–Kier alpha value is -2.96. The van der Waals surface area contributed by atoms with Gasteiger partial charge in [-0.25, -0.2) is 0 Å². The van der Waals surface area contributed by atoms with Crippen LogP contribution in [-0.2, 0) is 25.5 Å². The van der Waals surface area contributed by atoms with Crippen molar-refractivity contribution in [1.82, 2.24) is 10.3 Å². The summed E-state index contributed by atoms with van der Waals surface area (Å²) < 4.78 is 4.76. The summed E-state index contributed by atoms with van der Waals surface area (Å²) in [7, 11) is 0. The number of fused-ring (bicyclic) bond motifs is 1. The van der Waals surface area contributed by atoms with Crippen LogP contribution in [0.2, 0.25) is 0 Å². The molecule has 1 aromatic heterocycles. The number of primary amides is 1. The van der Waals surface area contributed by atoms with Crippen LogP contribution in [0, 0.1) is 0 Å². The number of esters is 1. The lowest BCUT2D eigenvalue weighted by molar-refractivity contribution is -0.144. The predicted molar refractivity (Wildman–Crippen MR) is 92.4 cm³/mol. The number of rotatable bonds is 8. The van der Waals surface area contributed by atoms with Crippen LogP contribution >= 0.6 is 0 Å². The highest BCUT2D eigenvalue weighted by molar-refractivity contribution is 5.88. The summed E-state index contributed by atoms with van der Waals surface area (Å²) in [6, 6.07) is 10.4. The van der Waals surface area contributed by atoms with Crippen molar-refractivity contribution < 1.29 is 19.1 Å². The number of nitrogens with zero attached hydrogens (tertiary/aromatic N) is 1. The largest absolute Gasteiger partial charge is 0.466 e. The zero-order chi connectivity index (χ0) is 18.2. The number of para-hydroxylation sites is 1. The maximum absolute atomic E-state index is 11.9. The number of carbonyl (C=O) groups excluding carboxylic acids is 3. The number of ether oxygens (including phenoxy) is 1. The minimum Gasteiger partial charge on any atom is -0.466 e. The second kappa shape index (κ2) is 8.77. The highest BCUT2D eigenvalue weighted by Gasteiger charge is 2.20. The first-order chi connectivity index (χ1) is 12.0. The summed E-state index contributed by atoms with van der Waals surface area (Å²) in [5.74, 6) is -1.54. The van der Waals surface area contributed by atoms with Gasteiger partial charge in [0.2, 0.25) is 11.8 Å². The second-order valence-corrected chi connectivity index (χ2v) is 5.53. The van der Waals surface area contributed by atoms with E-state index in [9.17, 15) is 14.4 Å². The minimum absolute atomic E-state index is 0.0423. The molecule has 2 amide bonds. The van der Waals surface area contributed by atoms with Crippen molar-refractivity contribution in [1.29, 1.82) is 0 Å². The van der Waals surface area contributed by atoms with Gasteiger partial charge in [0.25, 0.3) is 0 Å². The summed E-state index contributed by atoms with van der Waals surface area (Å²) >= 11 is 0. The Morgan fingerprint density at radius 3 is 2.64 bits per heavy atom. The molecule has 25 heavy (non-hydrogen) atoms. The van der Waals surface area contributed by atoms with Gasteiger partial charge in [-0.15, -0.1) is 0 Å². The highest BCUT2D eigenvalue weighted by atomic mass is 16.5. The van der Waals surface area contributed by atoms with E-state index in [1.165, 1.54) is 0 Å². The molecule has 0 aliphatic heterocycles. The summed E-state index contributed by atoms with van der Waals surface area (Å²) in [6.45, 7) is 1.95. The van der Waals surface area contributed by atoms with E-state index in [1.807, 2.05) is 30.3 Å². The number of hydrogen-bond donors (Lipinski definition) is 2. The Bertz CT molecular complexity index is 776. The normalized spacial score (nSPS) is 11.7. The van der Waals surface area contributed by atoms with Crippen molar-refractivity contribution in [2.45, 2.75) is 32.2 Å². The third-order valence-electron chi connectivity index (χ3n) is 3.61. The average molecular weight is 343 g/mol. The number of pyridine rings is 1. The van der Waals surface area contributed by atoms with Crippen LogP contribution in [0.5, 0.6) is 0 Å². The van der Waals surface area contributed by atoms with E-state index in [-0.39, 0.29) is 25.9 Å². The van der Waals surface area contributed by atoms with Crippen LogP contribution in [0.1, 0.15) is 25.5 Å². The predicted octanol–water partition coefficient (Wildman–Crippen LogP) is 1.09. The summed E-state index contributed by atoms with van der Waals surface area (Å²) in [5, 5.41) is 3.54. The molecule has 1 atom stereocenters. The van der Waals surface area contributed by atoms with E-state index in [1.54, 1.807) is 13.0 Å². The van der Waals surface area contributed by atoms with Crippen LogP contribution in [0.25, 0.3) is 10.9 Å². The molecule has 2 rings (SSSR count). The van der Waals surface area contributed by atoms with Crippen LogP contribution in [0.15, 0.2) is 36.4 Å². The molecule has 0 aliphatic rings. The number of benzene rings is 1. The lowest BCUT2D eigenvalue weighted by Gasteiger charge is -2.15. The number of carbonyl (C=O) groups is 3. The topological polar surface area (TPSA) is 111 Å². The van der Waals surface area contributed by atoms with Gasteiger partial charge in [-0.2, -0.15) is 0 Å². The number of aromatic nitrogens is 1. The van der Waals surface area contributed by atoms with E-state index in [2.05, 4.69) is 10.3 Å². The molecule has 0 fully saturated rings. The van der Waals surface area contributed by atoms with E-state index >= 15 is 0 Å². The van der Waals surface area contributed by atoms with Gasteiger partial charge < -0.3 is 15.8 Å². The van der Waals surface area contributed by atoms with Gasteiger partial charge in [0.15, 0.2) is 0 Å². The minimum atomic E-state index is -0.886. The molecule has 0 spiro atoms. The quantitative estimate of drug-likeness (QED) is 0.697. The SMILES string of the molecule is CCOC(=O)CCC(=O)N[C@@H](Cc1ccc2ccccc2n1)C(N)=O. The van der Waals surface area contributed by atoms with Crippen molar-refractivity contribution in [2.75, 3.05) is 6.61 Å². The zero-order valence-corrected chi connectivity index (χ0v) is 14.0. The molecular weight excluding hydrogens is 322 g/mol. The Labute approximate surface area is 145 Å². The van der Waals surface area contributed by atoms with E-state index in [4.69, 9.17) is 10.5 Å². The number of amides is 2. The van der Waals surface area contributed by atoms with Gasteiger partial charge >= 0.3 is 5.97 Å². The third kappa shape index (κ3) is 5.56. The fourth-order valence-electron chi connectivity index (χ4n) is 2.37. The van der Waals surface area contributed by atoms with Crippen LogP contribution in [0.4, 0.5) is 0 Å². The van der Waals surface area contributed by atoms with E-state index < -0.39 is 23.8 Å². The lowest BCUT2D eigenvalue weighted by Crippen LogP contribution is -2.46. The first-order valence-corrected chi connectivity index (χ1v) is 8.08. The van der Waals surface area contributed by atoms with Gasteiger partial charge in [-0.1, -0.05) is 24.3 Å². The zero-order valence-electron chi connectivity index (χ0n) is 14.0. The fourth-order valence-corrected chi connectivity index (χ4v) is 2.37. The first-order valence-electron chi connectivity index (χ1n) is 8.08. The highest BCUT2D eigenvalue weighted by Crippen LogP contribution is 2.13. The Morgan fingerprint density at radius 2 is 1.92 bits per heavy atom. The van der Waals surface area contributed by atoms with Crippen molar-refractivity contribution >= 4 is 28.7 Å². The summed E-state index contributed by atoms with van der Waals surface area (Å²) in [5.41, 5.74) is 6.83. The molecule has 7 heteroatoms. The number of nitrogens with two attached hydrogens (primary N) is 1. The fraction of sp³-hybridized carbons (Fsp3) is 0.333. The maximum Gasteiger partial charge on any atom is 0.306 e. The average Bonchev–Trinajstić information content (AvgIpc) is 2.59.